The van der Waals surface area contributed by atoms with Crippen LogP contribution in [0.25, 0.3) is 10.9 Å². The lowest BCUT2D eigenvalue weighted by atomic mass is 10.1. The normalized spacial score (nSPS) is 10.7. The van der Waals surface area contributed by atoms with Crippen molar-refractivity contribution in [3.8, 4) is 0 Å². The summed E-state index contributed by atoms with van der Waals surface area (Å²) in [4.78, 5) is 37.4. The molecule has 2 N–H and O–H groups in total. The molecule has 1 aromatic heterocycles. The first kappa shape index (κ1) is 17.6. The highest BCUT2D eigenvalue weighted by Gasteiger charge is 2.16. The zero-order chi connectivity index (χ0) is 19.0. The minimum atomic E-state index is -0.648. The van der Waals surface area contributed by atoms with Gasteiger partial charge in [-0.05, 0) is 43.7 Å². The molecule has 26 heavy (non-hydrogen) atoms. The number of benzene rings is 2. The Morgan fingerprint density at radius 3 is 2.58 bits per heavy atom. The number of pyridine rings is 1. The standard InChI is InChI=1S/C18H14ClN3O4/c1-9-10(2)17(23)21-15-8-12(4-5-13(9)15)20-18(24)11-3-6-14(19)16(7-11)22(25)26/h3-8H,1-2H3,(H,20,24)(H,21,23). The quantitative estimate of drug-likeness (QED) is 0.537. The maximum atomic E-state index is 12.4. The Hall–Kier alpha value is -3.19. The third-order valence-electron chi connectivity index (χ3n) is 4.24. The molecule has 0 saturated carbocycles. The smallest absolute Gasteiger partial charge is 0.288 e. The van der Waals surface area contributed by atoms with E-state index in [9.17, 15) is 19.7 Å². The van der Waals surface area contributed by atoms with Gasteiger partial charge < -0.3 is 10.3 Å². The molecular formula is C18H14ClN3O4. The van der Waals surface area contributed by atoms with E-state index in [0.717, 1.165) is 17.0 Å². The monoisotopic (exact) mass is 371 g/mol. The number of aromatic amines is 1. The Morgan fingerprint density at radius 1 is 1.15 bits per heavy atom. The molecule has 0 aliphatic heterocycles. The van der Waals surface area contributed by atoms with Crippen molar-refractivity contribution < 1.29 is 9.72 Å². The summed E-state index contributed by atoms with van der Waals surface area (Å²) < 4.78 is 0. The van der Waals surface area contributed by atoms with Gasteiger partial charge >= 0.3 is 0 Å². The largest absolute Gasteiger partial charge is 0.322 e. The number of nitrogens with one attached hydrogen (secondary N) is 2. The molecule has 0 aliphatic rings. The topological polar surface area (TPSA) is 105 Å². The molecule has 1 heterocycles. The van der Waals surface area contributed by atoms with Gasteiger partial charge in [0.2, 0.25) is 0 Å². The number of fused-ring (bicyclic) bond motifs is 1. The third kappa shape index (κ3) is 3.16. The minimum Gasteiger partial charge on any atom is -0.322 e. The van der Waals surface area contributed by atoms with E-state index >= 15 is 0 Å². The summed E-state index contributed by atoms with van der Waals surface area (Å²) in [5.74, 6) is -0.518. The Bertz CT molecular complexity index is 1120. The van der Waals surface area contributed by atoms with Gasteiger partial charge in [0, 0.05) is 28.3 Å². The first-order chi connectivity index (χ1) is 12.3. The lowest BCUT2D eigenvalue weighted by Gasteiger charge is -2.09. The second kappa shape index (κ2) is 6.61. The van der Waals surface area contributed by atoms with E-state index in [1.54, 1.807) is 25.1 Å². The van der Waals surface area contributed by atoms with Gasteiger partial charge in [-0.25, -0.2) is 0 Å². The molecule has 0 radical (unpaired) electrons. The van der Waals surface area contributed by atoms with Gasteiger partial charge in [-0.2, -0.15) is 0 Å². The second-order valence-corrected chi connectivity index (χ2v) is 6.25. The van der Waals surface area contributed by atoms with Gasteiger partial charge in [0.05, 0.1) is 10.4 Å². The van der Waals surface area contributed by atoms with E-state index in [4.69, 9.17) is 11.6 Å². The summed E-state index contributed by atoms with van der Waals surface area (Å²) in [6.45, 7) is 3.61. The number of carbonyl (C=O) groups is 1. The Labute approximate surface area is 152 Å². The maximum Gasteiger partial charge on any atom is 0.288 e. The van der Waals surface area contributed by atoms with Gasteiger partial charge in [0.15, 0.2) is 0 Å². The van der Waals surface area contributed by atoms with E-state index in [1.807, 2.05) is 6.92 Å². The number of hydrogen-bond donors (Lipinski definition) is 2. The molecule has 0 bridgehead atoms. The van der Waals surface area contributed by atoms with Crippen molar-refractivity contribution in [1.29, 1.82) is 0 Å². The number of aromatic nitrogens is 1. The summed E-state index contributed by atoms with van der Waals surface area (Å²) in [5, 5.41) is 14.4. The Morgan fingerprint density at radius 2 is 1.88 bits per heavy atom. The zero-order valence-corrected chi connectivity index (χ0v) is 14.7. The molecule has 8 heteroatoms. The number of nitro groups is 1. The molecule has 0 spiro atoms. The molecule has 0 aliphatic carbocycles. The number of amides is 1. The zero-order valence-electron chi connectivity index (χ0n) is 13.9. The molecule has 132 valence electrons. The van der Waals surface area contributed by atoms with Gasteiger partial charge in [-0.15, -0.1) is 0 Å². The number of rotatable bonds is 3. The lowest BCUT2D eigenvalue weighted by molar-refractivity contribution is -0.384. The Balaban J connectivity index is 1.95. The number of halogens is 1. The minimum absolute atomic E-state index is 0.0410. The number of nitro benzene ring substituents is 1. The number of hydrogen-bond acceptors (Lipinski definition) is 4. The predicted molar refractivity (Wildman–Crippen MR) is 100 cm³/mol. The fourth-order valence-electron chi connectivity index (χ4n) is 2.64. The van der Waals surface area contributed by atoms with Crippen LogP contribution in [0.2, 0.25) is 5.02 Å². The van der Waals surface area contributed by atoms with Gasteiger partial charge in [0.1, 0.15) is 5.02 Å². The van der Waals surface area contributed by atoms with Crippen LogP contribution in [0.1, 0.15) is 21.5 Å². The van der Waals surface area contributed by atoms with Crippen molar-refractivity contribution in [1.82, 2.24) is 4.98 Å². The van der Waals surface area contributed by atoms with E-state index in [0.29, 0.717) is 16.8 Å². The third-order valence-corrected chi connectivity index (χ3v) is 4.56. The van der Waals surface area contributed by atoms with Crippen molar-refractivity contribution in [3.05, 3.63) is 78.6 Å². The van der Waals surface area contributed by atoms with Gasteiger partial charge in [0.25, 0.3) is 17.2 Å². The van der Waals surface area contributed by atoms with Crippen molar-refractivity contribution in [2.75, 3.05) is 5.32 Å². The van der Waals surface area contributed by atoms with Crippen LogP contribution >= 0.6 is 11.6 Å². The molecule has 0 atom stereocenters. The highest BCUT2D eigenvalue weighted by Crippen LogP contribution is 2.26. The number of aryl methyl sites for hydroxylation is 1. The first-order valence-corrected chi connectivity index (χ1v) is 8.04. The fourth-order valence-corrected chi connectivity index (χ4v) is 2.82. The van der Waals surface area contributed by atoms with Gasteiger partial charge in [-0.3, -0.25) is 19.7 Å². The summed E-state index contributed by atoms with van der Waals surface area (Å²) in [7, 11) is 0. The van der Waals surface area contributed by atoms with Crippen LogP contribution in [0.5, 0.6) is 0 Å². The van der Waals surface area contributed by atoms with E-state index in [-0.39, 0.29) is 21.8 Å². The fraction of sp³-hybridized carbons (Fsp3) is 0.111. The molecule has 0 fully saturated rings. The molecule has 7 nitrogen and oxygen atoms in total. The van der Waals surface area contributed by atoms with Crippen LogP contribution in [-0.2, 0) is 0 Å². The van der Waals surface area contributed by atoms with Crippen LogP contribution in [0, 0.1) is 24.0 Å². The SMILES string of the molecule is Cc1c(C)c2ccc(NC(=O)c3ccc(Cl)c([N+](=O)[O-])c3)cc2[nH]c1=O. The molecule has 0 unspecified atom stereocenters. The number of H-pyrrole nitrogens is 1. The molecule has 3 aromatic rings. The number of carbonyl (C=O) groups excluding carboxylic acids is 1. The molecule has 0 saturated heterocycles. The molecule has 1 amide bonds. The van der Waals surface area contributed by atoms with Crippen LogP contribution < -0.4 is 10.9 Å². The molecule has 2 aromatic carbocycles. The van der Waals surface area contributed by atoms with Crippen molar-refractivity contribution in [2.45, 2.75) is 13.8 Å². The lowest BCUT2D eigenvalue weighted by Crippen LogP contribution is -2.14. The summed E-state index contributed by atoms with van der Waals surface area (Å²) in [5.41, 5.74) is 2.14. The average Bonchev–Trinajstić information content (AvgIpc) is 2.59. The van der Waals surface area contributed by atoms with Crippen molar-refractivity contribution >= 4 is 39.8 Å². The molecular weight excluding hydrogens is 358 g/mol. The van der Waals surface area contributed by atoms with Crippen LogP contribution in [0.4, 0.5) is 11.4 Å². The maximum absolute atomic E-state index is 12.4. The van der Waals surface area contributed by atoms with E-state index in [2.05, 4.69) is 10.3 Å². The summed E-state index contributed by atoms with van der Waals surface area (Å²) in [6.07, 6.45) is 0. The van der Waals surface area contributed by atoms with Crippen LogP contribution in [0.3, 0.4) is 0 Å². The summed E-state index contributed by atoms with van der Waals surface area (Å²) >= 11 is 5.76. The van der Waals surface area contributed by atoms with Crippen molar-refractivity contribution in [3.63, 3.8) is 0 Å². The van der Waals surface area contributed by atoms with Crippen LogP contribution in [0.15, 0.2) is 41.2 Å². The van der Waals surface area contributed by atoms with E-state index < -0.39 is 10.8 Å². The highest BCUT2D eigenvalue weighted by atomic mass is 35.5. The van der Waals surface area contributed by atoms with Crippen molar-refractivity contribution in [2.24, 2.45) is 0 Å². The average molecular weight is 372 g/mol. The summed E-state index contributed by atoms with van der Waals surface area (Å²) in [6, 6.07) is 8.97. The Kier molecular flexibility index (Phi) is 4.48. The molecule has 3 rings (SSSR count). The first-order valence-electron chi connectivity index (χ1n) is 7.66. The van der Waals surface area contributed by atoms with Crippen LogP contribution in [-0.4, -0.2) is 15.8 Å². The highest BCUT2D eigenvalue weighted by molar-refractivity contribution is 6.32. The van der Waals surface area contributed by atoms with Gasteiger partial charge in [-0.1, -0.05) is 17.7 Å². The second-order valence-electron chi connectivity index (χ2n) is 5.84. The number of anilines is 1. The predicted octanol–water partition coefficient (Wildman–Crippen LogP) is 3.96. The number of nitrogens with zero attached hydrogens (tertiary/aromatic N) is 1. The van der Waals surface area contributed by atoms with E-state index in [1.165, 1.54) is 12.1 Å².